The van der Waals surface area contributed by atoms with Crippen molar-refractivity contribution in [2.24, 2.45) is 0 Å². The third kappa shape index (κ3) is 4.89. The summed E-state index contributed by atoms with van der Waals surface area (Å²) in [4.78, 5) is 28.3. The van der Waals surface area contributed by atoms with Crippen LogP contribution < -0.4 is 10.1 Å². The smallest absolute Gasteiger partial charge is 0.381 e. The fourth-order valence-corrected chi connectivity index (χ4v) is 3.30. The zero-order valence-corrected chi connectivity index (χ0v) is 16.1. The number of carbonyl (C=O) groups excluding carboxylic acids is 1. The lowest BCUT2D eigenvalue weighted by Crippen LogP contribution is -2.19. The Bertz CT molecular complexity index is 984. The summed E-state index contributed by atoms with van der Waals surface area (Å²) < 4.78 is 6.59. The highest BCUT2D eigenvalue weighted by atomic mass is 32.2. The number of nitro groups is 1. The third-order valence-electron chi connectivity index (χ3n) is 3.90. The Morgan fingerprint density at radius 3 is 2.32 bits per heavy atom. The molecule has 2 aromatic carbocycles. The highest BCUT2D eigenvalue weighted by Crippen LogP contribution is 2.29. The molecule has 28 heavy (non-hydrogen) atoms. The lowest BCUT2D eigenvalue weighted by Gasteiger charge is -2.07. The van der Waals surface area contributed by atoms with Gasteiger partial charge in [0.2, 0.25) is 11.7 Å². The fraction of sp³-hybridized carbons (Fsp3) is 0.158. The molecule has 0 fully saturated rings. The van der Waals surface area contributed by atoms with Gasteiger partial charge in [0.25, 0.3) is 0 Å². The van der Waals surface area contributed by atoms with Gasteiger partial charge in [0, 0.05) is 22.4 Å². The summed E-state index contributed by atoms with van der Waals surface area (Å²) in [5, 5.41) is 13.5. The monoisotopic (exact) mass is 398 g/mol. The van der Waals surface area contributed by atoms with Crippen molar-refractivity contribution >= 4 is 29.2 Å². The van der Waals surface area contributed by atoms with Crippen LogP contribution >= 0.6 is 11.8 Å². The van der Waals surface area contributed by atoms with E-state index in [9.17, 15) is 14.9 Å². The number of carbonyl (C=O) groups is 1. The first kappa shape index (κ1) is 19.4. The van der Waals surface area contributed by atoms with Crippen LogP contribution in [0.4, 0.5) is 11.5 Å². The summed E-state index contributed by atoms with van der Waals surface area (Å²) >= 11 is 1.60. The summed E-state index contributed by atoms with van der Waals surface area (Å²) in [7, 11) is 1.63. The van der Waals surface area contributed by atoms with Crippen LogP contribution in [0.2, 0.25) is 0 Å². The first-order chi connectivity index (χ1) is 13.4. The largest absolute Gasteiger partial charge is 0.497 e. The van der Waals surface area contributed by atoms with Gasteiger partial charge in [0.1, 0.15) is 18.5 Å². The van der Waals surface area contributed by atoms with E-state index in [0.717, 1.165) is 15.5 Å². The Hall–Kier alpha value is -3.33. The second-order valence-electron chi connectivity index (χ2n) is 5.88. The van der Waals surface area contributed by atoms with Crippen LogP contribution in [0, 0.1) is 17.0 Å². The van der Waals surface area contributed by atoms with E-state index in [-0.39, 0.29) is 18.3 Å². The van der Waals surface area contributed by atoms with Gasteiger partial charge in [0.15, 0.2) is 0 Å². The average molecular weight is 398 g/mol. The predicted octanol–water partition coefficient (Wildman–Crippen LogP) is 3.90. The molecule has 8 nitrogen and oxygen atoms in total. The first-order valence-corrected chi connectivity index (χ1v) is 9.16. The summed E-state index contributed by atoms with van der Waals surface area (Å²) in [5.41, 5.74) is 0.649. The molecule has 1 N–H and O–H groups in total. The van der Waals surface area contributed by atoms with Crippen molar-refractivity contribution in [2.45, 2.75) is 23.3 Å². The molecule has 0 aliphatic heterocycles. The first-order valence-electron chi connectivity index (χ1n) is 8.34. The molecule has 0 radical (unpaired) electrons. The molecular weight excluding hydrogens is 380 g/mol. The van der Waals surface area contributed by atoms with E-state index < -0.39 is 4.92 Å². The standard InChI is InChI=1S/C19H18N4O4S/c1-13-20-18(23(25)26)11-22(13)12-19(24)21-14-3-7-16(8-4-14)28-17-9-5-15(27-2)6-10-17/h3-11H,12H2,1-2H3,(H,21,24). The molecule has 1 aromatic heterocycles. The van der Waals surface area contributed by atoms with E-state index in [2.05, 4.69) is 10.3 Å². The highest BCUT2D eigenvalue weighted by Gasteiger charge is 2.16. The zero-order valence-electron chi connectivity index (χ0n) is 15.3. The minimum atomic E-state index is -0.583. The van der Waals surface area contributed by atoms with Crippen molar-refractivity contribution < 1.29 is 14.5 Å². The topological polar surface area (TPSA) is 99.3 Å². The Kier molecular flexibility index (Phi) is 5.95. The van der Waals surface area contributed by atoms with Gasteiger partial charge in [-0.05, 0) is 58.4 Å². The molecule has 3 aromatic rings. The number of ether oxygens (including phenoxy) is 1. The van der Waals surface area contributed by atoms with Crippen LogP contribution in [-0.4, -0.2) is 27.5 Å². The molecule has 0 spiro atoms. The Balaban J connectivity index is 1.58. The van der Waals surface area contributed by atoms with Crippen molar-refractivity contribution in [1.82, 2.24) is 9.55 Å². The van der Waals surface area contributed by atoms with E-state index in [1.165, 1.54) is 10.8 Å². The van der Waals surface area contributed by atoms with Crippen LogP contribution in [0.5, 0.6) is 5.75 Å². The average Bonchev–Trinajstić information content (AvgIpc) is 3.05. The number of hydrogen-bond donors (Lipinski definition) is 1. The molecule has 0 saturated heterocycles. The van der Waals surface area contributed by atoms with Crippen LogP contribution in [0.3, 0.4) is 0 Å². The molecule has 1 heterocycles. The number of methoxy groups -OCH3 is 1. The molecular formula is C19H18N4O4S. The van der Waals surface area contributed by atoms with E-state index >= 15 is 0 Å². The van der Waals surface area contributed by atoms with Gasteiger partial charge in [0.05, 0.1) is 7.11 Å². The molecule has 144 valence electrons. The van der Waals surface area contributed by atoms with Crippen molar-refractivity contribution in [3.8, 4) is 5.75 Å². The SMILES string of the molecule is COc1ccc(Sc2ccc(NC(=O)Cn3cc([N+](=O)[O-])nc3C)cc2)cc1. The number of aromatic nitrogens is 2. The fourth-order valence-electron chi connectivity index (χ4n) is 2.48. The number of benzene rings is 2. The van der Waals surface area contributed by atoms with Crippen molar-refractivity contribution in [3.05, 3.63) is 70.7 Å². The van der Waals surface area contributed by atoms with Gasteiger partial charge >= 0.3 is 5.82 Å². The van der Waals surface area contributed by atoms with E-state index in [4.69, 9.17) is 4.74 Å². The molecule has 1 amide bonds. The van der Waals surface area contributed by atoms with E-state index in [1.54, 1.807) is 25.8 Å². The van der Waals surface area contributed by atoms with Crippen molar-refractivity contribution in [3.63, 3.8) is 0 Å². The Morgan fingerprint density at radius 2 is 1.79 bits per heavy atom. The zero-order chi connectivity index (χ0) is 20.1. The molecule has 0 unspecified atom stereocenters. The van der Waals surface area contributed by atoms with Gasteiger partial charge in [-0.2, -0.15) is 0 Å². The van der Waals surface area contributed by atoms with Crippen molar-refractivity contribution in [2.75, 3.05) is 12.4 Å². The summed E-state index contributed by atoms with van der Waals surface area (Å²) in [5.74, 6) is 0.658. The number of amides is 1. The molecule has 0 saturated carbocycles. The summed E-state index contributed by atoms with van der Waals surface area (Å²) in [6.45, 7) is 1.57. The lowest BCUT2D eigenvalue weighted by atomic mass is 10.3. The molecule has 9 heteroatoms. The van der Waals surface area contributed by atoms with Crippen LogP contribution in [-0.2, 0) is 11.3 Å². The molecule has 0 aliphatic rings. The minimum Gasteiger partial charge on any atom is -0.497 e. The molecule has 0 bridgehead atoms. The van der Waals surface area contributed by atoms with E-state index in [1.807, 2.05) is 48.5 Å². The number of anilines is 1. The van der Waals surface area contributed by atoms with Crippen LogP contribution in [0.15, 0.2) is 64.5 Å². The number of rotatable bonds is 7. The number of aryl methyl sites for hydroxylation is 1. The second kappa shape index (κ2) is 8.57. The number of hydrogen-bond acceptors (Lipinski definition) is 6. The lowest BCUT2D eigenvalue weighted by molar-refractivity contribution is -0.389. The minimum absolute atomic E-state index is 0.0466. The van der Waals surface area contributed by atoms with Crippen LogP contribution in [0.1, 0.15) is 5.82 Å². The predicted molar refractivity (Wildman–Crippen MR) is 106 cm³/mol. The summed E-state index contributed by atoms with van der Waals surface area (Å²) in [6.07, 6.45) is 1.25. The molecule has 3 rings (SSSR count). The van der Waals surface area contributed by atoms with Gasteiger partial charge in [-0.3, -0.25) is 9.36 Å². The number of nitrogens with one attached hydrogen (secondary N) is 1. The maximum absolute atomic E-state index is 12.2. The van der Waals surface area contributed by atoms with E-state index in [0.29, 0.717) is 11.5 Å². The maximum atomic E-state index is 12.2. The van der Waals surface area contributed by atoms with Gasteiger partial charge in [-0.25, -0.2) is 0 Å². The number of nitrogens with zero attached hydrogens (tertiary/aromatic N) is 3. The number of imidazole rings is 1. The van der Waals surface area contributed by atoms with Crippen LogP contribution in [0.25, 0.3) is 0 Å². The Morgan fingerprint density at radius 1 is 1.18 bits per heavy atom. The normalized spacial score (nSPS) is 10.5. The van der Waals surface area contributed by atoms with Gasteiger partial charge < -0.3 is 20.2 Å². The van der Waals surface area contributed by atoms with Gasteiger partial charge in [-0.15, -0.1) is 0 Å². The molecule has 0 atom stereocenters. The van der Waals surface area contributed by atoms with Crippen molar-refractivity contribution in [1.29, 1.82) is 0 Å². The third-order valence-corrected chi connectivity index (χ3v) is 4.91. The quantitative estimate of drug-likeness (QED) is 0.479. The highest BCUT2D eigenvalue weighted by molar-refractivity contribution is 7.99. The molecule has 0 aliphatic carbocycles. The Labute approximate surface area is 165 Å². The van der Waals surface area contributed by atoms with Gasteiger partial charge in [-0.1, -0.05) is 11.8 Å². The second-order valence-corrected chi connectivity index (χ2v) is 7.03. The summed E-state index contributed by atoms with van der Waals surface area (Å²) in [6, 6.07) is 15.2. The maximum Gasteiger partial charge on any atom is 0.381 e.